The molecule has 0 aliphatic heterocycles. The molecule has 24 heavy (non-hydrogen) atoms. The molecule has 1 atom stereocenters. The number of aromatic nitrogens is 1. The van der Waals surface area contributed by atoms with Crippen LogP contribution < -0.4 is 11.1 Å². The van der Waals surface area contributed by atoms with Crippen LogP contribution in [0.1, 0.15) is 18.5 Å². The number of rotatable bonds is 3. The second kappa shape index (κ2) is 6.88. The highest BCUT2D eigenvalue weighted by Crippen LogP contribution is 2.16. The maximum absolute atomic E-state index is 12.3. The molecule has 5 heteroatoms. The van der Waals surface area contributed by atoms with Crippen LogP contribution in [0.3, 0.4) is 0 Å². The number of fused-ring (bicyclic) bond motifs is 1. The summed E-state index contributed by atoms with van der Waals surface area (Å²) in [6.07, 6.45) is 0. The Morgan fingerprint density at radius 2 is 1.88 bits per heavy atom. The summed E-state index contributed by atoms with van der Waals surface area (Å²) < 4.78 is 6.50. The lowest BCUT2D eigenvalue weighted by Crippen LogP contribution is -2.34. The molecular weight excluding hydrogens is 304 g/mol. The molecule has 1 amide bonds. The number of nitrogens with one attached hydrogen (secondary N) is 1. The van der Waals surface area contributed by atoms with Crippen LogP contribution >= 0.6 is 0 Å². The summed E-state index contributed by atoms with van der Waals surface area (Å²) in [5.74, 6) is 5.02. The van der Waals surface area contributed by atoms with Gasteiger partial charge < -0.3 is 9.73 Å². The number of carbonyl (C=O) groups excluding carboxylic acids is 1. The molecule has 0 spiro atoms. The van der Waals surface area contributed by atoms with Gasteiger partial charge in [-0.15, -0.1) is 0 Å². The van der Waals surface area contributed by atoms with Crippen molar-refractivity contribution in [1.82, 2.24) is 9.88 Å². The summed E-state index contributed by atoms with van der Waals surface area (Å²) >= 11 is 0. The van der Waals surface area contributed by atoms with E-state index in [0.717, 1.165) is 5.56 Å². The Hall–Kier alpha value is -3.26. The first-order valence-electron chi connectivity index (χ1n) is 7.58. The maximum atomic E-state index is 12.3. The van der Waals surface area contributed by atoms with Gasteiger partial charge in [0.2, 0.25) is 5.91 Å². The molecule has 0 saturated heterocycles. The van der Waals surface area contributed by atoms with Crippen molar-refractivity contribution < 1.29 is 9.21 Å². The van der Waals surface area contributed by atoms with Crippen LogP contribution in [0.25, 0.3) is 11.1 Å². The van der Waals surface area contributed by atoms with Crippen LogP contribution in [0.15, 0.2) is 63.8 Å². The van der Waals surface area contributed by atoms with Gasteiger partial charge in [-0.1, -0.05) is 42.2 Å². The first kappa shape index (κ1) is 15.6. The third-order valence-corrected chi connectivity index (χ3v) is 3.64. The zero-order valence-electron chi connectivity index (χ0n) is 13.2. The van der Waals surface area contributed by atoms with E-state index in [1.807, 2.05) is 30.3 Å². The number of benzene rings is 2. The first-order valence-corrected chi connectivity index (χ1v) is 7.58. The Morgan fingerprint density at radius 1 is 1.17 bits per heavy atom. The lowest BCUT2D eigenvalue weighted by molar-refractivity contribution is -0.123. The standard InChI is InChI=1S/C19H16N2O3/c1-14(21-16-11-5-6-12-17(16)24-19(21)23)18(22)20-13-7-10-15-8-3-2-4-9-15/h2-6,8-9,11-12,14H,13H2,1H3,(H,20,22). The molecule has 1 heterocycles. The molecule has 1 unspecified atom stereocenters. The van der Waals surface area contributed by atoms with Gasteiger partial charge in [0, 0.05) is 5.56 Å². The number of carbonyl (C=O) groups is 1. The summed E-state index contributed by atoms with van der Waals surface area (Å²) in [6, 6.07) is 15.9. The number of oxazole rings is 1. The largest absolute Gasteiger partial charge is 0.420 e. The maximum Gasteiger partial charge on any atom is 0.420 e. The van der Waals surface area contributed by atoms with Crippen molar-refractivity contribution in [2.45, 2.75) is 13.0 Å². The molecule has 3 rings (SSSR count). The summed E-state index contributed by atoms with van der Waals surface area (Å²) in [5.41, 5.74) is 1.95. The van der Waals surface area contributed by atoms with Crippen LogP contribution in [0.5, 0.6) is 0 Å². The van der Waals surface area contributed by atoms with Crippen molar-refractivity contribution in [1.29, 1.82) is 0 Å². The van der Waals surface area contributed by atoms with E-state index in [2.05, 4.69) is 17.2 Å². The Bertz CT molecular complexity index is 974. The molecular formula is C19H16N2O3. The van der Waals surface area contributed by atoms with Gasteiger partial charge in [-0.05, 0) is 31.2 Å². The molecule has 0 radical (unpaired) electrons. The van der Waals surface area contributed by atoms with E-state index >= 15 is 0 Å². The number of hydrogen-bond acceptors (Lipinski definition) is 3. The summed E-state index contributed by atoms with van der Waals surface area (Å²) in [4.78, 5) is 24.3. The second-order valence-electron chi connectivity index (χ2n) is 5.27. The predicted molar refractivity (Wildman–Crippen MR) is 91.5 cm³/mol. The van der Waals surface area contributed by atoms with E-state index in [0.29, 0.717) is 11.1 Å². The monoisotopic (exact) mass is 320 g/mol. The van der Waals surface area contributed by atoms with Gasteiger partial charge in [-0.25, -0.2) is 4.79 Å². The molecule has 0 fully saturated rings. The van der Waals surface area contributed by atoms with Crippen molar-refractivity contribution in [2.75, 3.05) is 6.54 Å². The average Bonchev–Trinajstić information content (AvgIpc) is 2.94. The van der Waals surface area contributed by atoms with Crippen molar-refractivity contribution >= 4 is 17.0 Å². The SMILES string of the molecule is CC(C(=O)NCC#Cc1ccccc1)n1c(=O)oc2ccccc21. The lowest BCUT2D eigenvalue weighted by atomic mass is 10.2. The van der Waals surface area contributed by atoms with Crippen molar-refractivity contribution in [3.63, 3.8) is 0 Å². The van der Waals surface area contributed by atoms with Gasteiger partial charge in [0.1, 0.15) is 6.04 Å². The van der Waals surface area contributed by atoms with E-state index in [1.165, 1.54) is 4.57 Å². The molecule has 3 aromatic rings. The van der Waals surface area contributed by atoms with E-state index in [-0.39, 0.29) is 12.5 Å². The van der Waals surface area contributed by atoms with Crippen LogP contribution in [0.2, 0.25) is 0 Å². The number of hydrogen-bond donors (Lipinski definition) is 1. The van der Waals surface area contributed by atoms with Gasteiger partial charge >= 0.3 is 5.76 Å². The van der Waals surface area contributed by atoms with Gasteiger partial charge in [0.05, 0.1) is 12.1 Å². The fourth-order valence-corrected chi connectivity index (χ4v) is 2.41. The second-order valence-corrected chi connectivity index (χ2v) is 5.27. The van der Waals surface area contributed by atoms with Crippen LogP contribution in [0, 0.1) is 11.8 Å². The fraction of sp³-hybridized carbons (Fsp3) is 0.158. The Morgan fingerprint density at radius 3 is 2.67 bits per heavy atom. The quantitative estimate of drug-likeness (QED) is 0.753. The Balaban J connectivity index is 1.70. The zero-order valence-corrected chi connectivity index (χ0v) is 13.2. The van der Waals surface area contributed by atoms with Gasteiger partial charge in [-0.3, -0.25) is 9.36 Å². The minimum absolute atomic E-state index is 0.211. The lowest BCUT2D eigenvalue weighted by Gasteiger charge is -2.11. The average molecular weight is 320 g/mol. The third kappa shape index (κ3) is 3.23. The van der Waals surface area contributed by atoms with Gasteiger partial charge in [-0.2, -0.15) is 0 Å². The molecule has 5 nitrogen and oxygen atoms in total. The third-order valence-electron chi connectivity index (χ3n) is 3.64. The van der Waals surface area contributed by atoms with Crippen LogP contribution in [-0.4, -0.2) is 17.0 Å². The smallest absolute Gasteiger partial charge is 0.408 e. The highest BCUT2D eigenvalue weighted by atomic mass is 16.4. The van der Waals surface area contributed by atoms with Crippen LogP contribution in [0.4, 0.5) is 0 Å². The molecule has 0 aliphatic rings. The number of para-hydroxylation sites is 2. The topological polar surface area (TPSA) is 64.2 Å². The summed E-state index contributed by atoms with van der Waals surface area (Å²) in [5, 5.41) is 2.72. The highest BCUT2D eigenvalue weighted by Gasteiger charge is 2.20. The molecule has 0 saturated carbocycles. The van der Waals surface area contributed by atoms with Crippen molar-refractivity contribution in [3.8, 4) is 11.8 Å². The van der Waals surface area contributed by atoms with E-state index in [4.69, 9.17) is 4.42 Å². The minimum atomic E-state index is -0.681. The number of nitrogens with zero attached hydrogens (tertiary/aromatic N) is 1. The van der Waals surface area contributed by atoms with Gasteiger partial charge in [0.25, 0.3) is 0 Å². The molecule has 120 valence electrons. The normalized spacial score (nSPS) is 11.5. The highest BCUT2D eigenvalue weighted by molar-refractivity contribution is 5.83. The van der Waals surface area contributed by atoms with Crippen molar-refractivity contribution in [2.24, 2.45) is 0 Å². The van der Waals surface area contributed by atoms with Crippen molar-refractivity contribution in [3.05, 3.63) is 70.7 Å². The number of amides is 1. The first-order chi connectivity index (χ1) is 11.7. The molecule has 1 aromatic heterocycles. The Labute approximate surface area is 138 Å². The molecule has 0 bridgehead atoms. The van der Waals surface area contributed by atoms with E-state index < -0.39 is 11.8 Å². The molecule has 1 N–H and O–H groups in total. The zero-order chi connectivity index (χ0) is 16.9. The van der Waals surface area contributed by atoms with Crippen LogP contribution in [-0.2, 0) is 4.79 Å². The summed E-state index contributed by atoms with van der Waals surface area (Å²) in [7, 11) is 0. The predicted octanol–water partition coefficient (Wildman–Crippen LogP) is 2.32. The molecule has 0 aliphatic carbocycles. The minimum Gasteiger partial charge on any atom is -0.408 e. The van der Waals surface area contributed by atoms with Gasteiger partial charge in [0.15, 0.2) is 5.58 Å². The van der Waals surface area contributed by atoms with E-state index in [9.17, 15) is 9.59 Å². The fourth-order valence-electron chi connectivity index (χ4n) is 2.41. The Kier molecular flexibility index (Phi) is 4.48. The summed E-state index contributed by atoms with van der Waals surface area (Å²) in [6.45, 7) is 1.87. The molecule has 2 aromatic carbocycles. The van der Waals surface area contributed by atoms with E-state index in [1.54, 1.807) is 31.2 Å².